The number of carbonyl (C=O) groups is 1. The maximum Gasteiger partial charge on any atom is 0.416 e. The van der Waals surface area contributed by atoms with Crippen LogP contribution >= 0.6 is 11.8 Å². The number of alkyl halides is 1. The molecule has 1 aromatic carbocycles. The van der Waals surface area contributed by atoms with Gasteiger partial charge in [-0.15, -0.1) is 0 Å². The van der Waals surface area contributed by atoms with E-state index in [-0.39, 0.29) is 19.6 Å². The van der Waals surface area contributed by atoms with Crippen molar-refractivity contribution in [2.45, 2.75) is 69.3 Å². The van der Waals surface area contributed by atoms with Gasteiger partial charge < -0.3 is 19.3 Å². The molecule has 1 N–H and O–H groups in total. The molecule has 166 valence electrons. The smallest absolute Gasteiger partial charge is 0.416 e. The first kappa shape index (κ1) is 23.0. The average molecular weight is 441 g/mol. The second kappa shape index (κ2) is 9.64. The number of halogens is 1. The summed E-state index contributed by atoms with van der Waals surface area (Å²) >= 11 is 1.18. The molecule has 1 saturated heterocycles. The SMILES string of the molecule is CN(C(=O)OC(C)(C)C)C1=N[C@@H]2[C@H](F)[C@H](OCc3ccccc3)[C@@H](CCO)O[C@@H]2S1. The zero-order chi connectivity index (χ0) is 21.9. The van der Waals surface area contributed by atoms with E-state index in [4.69, 9.17) is 14.2 Å². The van der Waals surface area contributed by atoms with Crippen LogP contribution in [0.3, 0.4) is 0 Å². The number of aliphatic hydroxyl groups excluding tert-OH is 1. The van der Waals surface area contributed by atoms with E-state index in [0.717, 1.165) is 5.56 Å². The van der Waals surface area contributed by atoms with Gasteiger partial charge in [-0.1, -0.05) is 42.1 Å². The first-order valence-corrected chi connectivity index (χ1v) is 10.8. The molecule has 7 nitrogen and oxygen atoms in total. The second-order valence-electron chi connectivity index (χ2n) is 8.32. The summed E-state index contributed by atoms with van der Waals surface area (Å²) in [6.45, 7) is 5.41. The van der Waals surface area contributed by atoms with Gasteiger partial charge in [0.05, 0.1) is 12.7 Å². The van der Waals surface area contributed by atoms with E-state index in [1.165, 1.54) is 16.7 Å². The summed E-state index contributed by atoms with van der Waals surface area (Å²) in [5, 5.41) is 9.75. The Morgan fingerprint density at radius 1 is 1.33 bits per heavy atom. The number of amidine groups is 1. The van der Waals surface area contributed by atoms with Gasteiger partial charge in [0.1, 0.15) is 23.2 Å². The fourth-order valence-corrected chi connectivity index (χ4v) is 4.44. The van der Waals surface area contributed by atoms with E-state index < -0.39 is 41.6 Å². The van der Waals surface area contributed by atoms with Crippen LogP contribution in [0.2, 0.25) is 0 Å². The molecule has 1 aromatic rings. The Hall–Kier alpha value is -1.68. The second-order valence-corrected chi connectivity index (χ2v) is 9.39. The van der Waals surface area contributed by atoms with E-state index in [1.807, 2.05) is 30.3 Å². The van der Waals surface area contributed by atoms with Gasteiger partial charge in [0, 0.05) is 13.7 Å². The fraction of sp³-hybridized carbons (Fsp3) is 0.619. The zero-order valence-electron chi connectivity index (χ0n) is 17.7. The highest BCUT2D eigenvalue weighted by Gasteiger charge is 2.51. The summed E-state index contributed by atoms with van der Waals surface area (Å²) < 4.78 is 32.7. The van der Waals surface area contributed by atoms with Crippen molar-refractivity contribution < 1.29 is 28.5 Å². The minimum Gasteiger partial charge on any atom is -0.443 e. The third-order valence-electron chi connectivity index (χ3n) is 4.73. The molecule has 2 aliphatic heterocycles. The number of aliphatic hydroxyl groups is 1. The summed E-state index contributed by atoms with van der Waals surface area (Å²) in [4.78, 5) is 18.0. The molecule has 0 aromatic heterocycles. The quantitative estimate of drug-likeness (QED) is 0.756. The van der Waals surface area contributed by atoms with Crippen LogP contribution in [0.5, 0.6) is 0 Å². The van der Waals surface area contributed by atoms with E-state index >= 15 is 4.39 Å². The summed E-state index contributed by atoms with van der Waals surface area (Å²) in [7, 11) is 1.54. The number of hydrogen-bond donors (Lipinski definition) is 1. The number of carbonyl (C=O) groups excluding carboxylic acids is 1. The molecule has 1 amide bonds. The maximum atomic E-state index is 15.4. The highest BCUT2D eigenvalue weighted by atomic mass is 32.2. The lowest BCUT2D eigenvalue weighted by atomic mass is 9.97. The van der Waals surface area contributed by atoms with Gasteiger partial charge in [-0.3, -0.25) is 9.89 Å². The van der Waals surface area contributed by atoms with Gasteiger partial charge in [-0.2, -0.15) is 0 Å². The lowest BCUT2D eigenvalue weighted by Crippen LogP contribution is -2.54. The van der Waals surface area contributed by atoms with Crippen LogP contribution in [0.25, 0.3) is 0 Å². The Morgan fingerprint density at radius 2 is 2.03 bits per heavy atom. The molecule has 9 heteroatoms. The van der Waals surface area contributed by atoms with Crippen LogP contribution in [0.1, 0.15) is 32.8 Å². The standard InChI is InChI=1S/C21H29FN2O5S/c1-21(2,3)29-20(26)24(4)19-23-16-15(22)17(14(10-11-25)28-18(16)30-19)27-12-13-8-6-5-7-9-13/h5-9,14-18,25H,10-12H2,1-4H3/t14-,15+,16-,17-,18-/m1/s1. The van der Waals surface area contributed by atoms with Crippen molar-refractivity contribution >= 4 is 23.0 Å². The van der Waals surface area contributed by atoms with Crippen LogP contribution in [0.4, 0.5) is 9.18 Å². The van der Waals surface area contributed by atoms with Crippen LogP contribution < -0.4 is 0 Å². The highest BCUT2D eigenvalue weighted by molar-refractivity contribution is 8.14. The average Bonchev–Trinajstić information content (AvgIpc) is 3.11. The van der Waals surface area contributed by atoms with Crippen LogP contribution in [0.15, 0.2) is 35.3 Å². The molecule has 1 fully saturated rings. The van der Waals surface area contributed by atoms with Crippen molar-refractivity contribution in [3.63, 3.8) is 0 Å². The number of benzene rings is 1. The molecule has 5 atom stereocenters. The molecule has 2 aliphatic rings. The maximum absolute atomic E-state index is 15.4. The predicted octanol–water partition coefficient (Wildman–Crippen LogP) is 3.36. The number of amides is 1. The largest absolute Gasteiger partial charge is 0.443 e. The van der Waals surface area contributed by atoms with Crippen molar-refractivity contribution in [3.8, 4) is 0 Å². The van der Waals surface area contributed by atoms with Gasteiger partial charge in [0.15, 0.2) is 11.3 Å². The van der Waals surface area contributed by atoms with Crippen molar-refractivity contribution in [3.05, 3.63) is 35.9 Å². The Balaban J connectivity index is 1.71. The van der Waals surface area contributed by atoms with E-state index in [2.05, 4.69) is 4.99 Å². The summed E-state index contributed by atoms with van der Waals surface area (Å²) in [5.74, 6) is 0. The predicted molar refractivity (Wildman–Crippen MR) is 113 cm³/mol. The van der Waals surface area contributed by atoms with Gasteiger partial charge >= 0.3 is 6.09 Å². The van der Waals surface area contributed by atoms with Crippen LogP contribution in [0, 0.1) is 0 Å². The molecule has 30 heavy (non-hydrogen) atoms. The number of rotatable bonds is 5. The minimum atomic E-state index is -1.43. The Morgan fingerprint density at radius 3 is 2.67 bits per heavy atom. The van der Waals surface area contributed by atoms with Crippen LogP contribution in [-0.4, -0.2) is 70.4 Å². The normalized spacial score (nSPS) is 28.6. The lowest BCUT2D eigenvalue weighted by Gasteiger charge is -2.39. The van der Waals surface area contributed by atoms with Crippen molar-refractivity contribution in [2.75, 3.05) is 13.7 Å². The number of hydrogen-bond acceptors (Lipinski definition) is 7. The summed E-state index contributed by atoms with van der Waals surface area (Å²) in [6, 6.07) is 8.68. The van der Waals surface area contributed by atoms with Gasteiger partial charge in [-0.25, -0.2) is 9.18 Å². The lowest BCUT2D eigenvalue weighted by molar-refractivity contribution is -0.164. The molecule has 0 aliphatic carbocycles. The molecule has 3 rings (SSSR count). The van der Waals surface area contributed by atoms with E-state index in [1.54, 1.807) is 27.8 Å². The van der Waals surface area contributed by atoms with Gasteiger partial charge in [-0.05, 0) is 32.8 Å². The molecule has 0 bridgehead atoms. The number of nitrogens with zero attached hydrogens (tertiary/aromatic N) is 2. The first-order valence-electron chi connectivity index (χ1n) is 9.96. The van der Waals surface area contributed by atoms with Crippen molar-refractivity contribution in [1.29, 1.82) is 0 Å². The zero-order valence-corrected chi connectivity index (χ0v) is 18.5. The monoisotopic (exact) mass is 440 g/mol. The van der Waals surface area contributed by atoms with Crippen molar-refractivity contribution in [2.24, 2.45) is 4.99 Å². The minimum absolute atomic E-state index is 0.143. The fourth-order valence-electron chi connectivity index (χ4n) is 3.27. The molecule has 2 heterocycles. The topological polar surface area (TPSA) is 80.6 Å². The molecular formula is C21H29FN2O5S. The molecule has 0 radical (unpaired) electrons. The Bertz CT molecular complexity index is 758. The van der Waals surface area contributed by atoms with Crippen LogP contribution in [-0.2, 0) is 20.8 Å². The molecular weight excluding hydrogens is 411 g/mol. The van der Waals surface area contributed by atoms with E-state index in [0.29, 0.717) is 5.17 Å². The van der Waals surface area contributed by atoms with Gasteiger partial charge in [0.25, 0.3) is 0 Å². The van der Waals surface area contributed by atoms with Gasteiger partial charge in [0.2, 0.25) is 0 Å². The number of aliphatic imine (C=N–C) groups is 1. The molecule has 0 unspecified atom stereocenters. The Kier molecular flexibility index (Phi) is 7.38. The van der Waals surface area contributed by atoms with E-state index in [9.17, 15) is 9.90 Å². The number of ether oxygens (including phenoxy) is 3. The highest BCUT2D eigenvalue weighted by Crippen LogP contribution is 2.40. The first-order chi connectivity index (χ1) is 14.2. The summed E-state index contributed by atoms with van der Waals surface area (Å²) in [5.41, 5.74) is -0.318. The Labute approximate surface area is 180 Å². The third-order valence-corrected chi connectivity index (χ3v) is 5.94. The third kappa shape index (κ3) is 5.51. The molecule has 0 saturated carbocycles. The number of thioether (sulfide) groups is 1. The summed E-state index contributed by atoms with van der Waals surface area (Å²) in [6.07, 6.45) is -3.22. The number of fused-ring (bicyclic) bond motifs is 1. The van der Waals surface area contributed by atoms with Crippen molar-refractivity contribution in [1.82, 2.24) is 4.90 Å². The molecule has 0 spiro atoms.